The van der Waals surface area contributed by atoms with Gasteiger partial charge in [-0.05, 0) is 37.9 Å². The first-order valence-electron chi connectivity index (χ1n) is 6.59. The van der Waals surface area contributed by atoms with Crippen LogP contribution in [0, 0.1) is 0 Å². The summed E-state index contributed by atoms with van der Waals surface area (Å²) in [4.78, 5) is 0. The quantitative estimate of drug-likeness (QED) is 0.780. The van der Waals surface area contributed by atoms with Gasteiger partial charge in [0.15, 0.2) is 8.32 Å². The van der Waals surface area contributed by atoms with Crippen molar-refractivity contribution in [2.75, 3.05) is 0 Å². The predicted molar refractivity (Wildman–Crippen MR) is 78.6 cm³/mol. The van der Waals surface area contributed by atoms with Crippen LogP contribution in [-0.4, -0.2) is 24.1 Å². The van der Waals surface area contributed by atoms with E-state index in [2.05, 4.69) is 51.0 Å². The number of hydrogen-bond acceptors (Lipinski definition) is 4. The van der Waals surface area contributed by atoms with Crippen LogP contribution in [0.2, 0.25) is 18.1 Å². The first-order valence-corrected chi connectivity index (χ1v) is 10.4. The molecule has 1 aliphatic carbocycles. The zero-order chi connectivity index (χ0) is 13.6. The Balaban J connectivity index is 1.97. The van der Waals surface area contributed by atoms with Gasteiger partial charge in [-0.25, -0.2) is 0 Å². The van der Waals surface area contributed by atoms with Crippen LogP contribution in [0.4, 0.5) is 0 Å². The summed E-state index contributed by atoms with van der Waals surface area (Å²) in [5, 5.41) is 9.55. The van der Waals surface area contributed by atoms with Gasteiger partial charge in [0.2, 0.25) is 0 Å². The fourth-order valence-electron chi connectivity index (χ4n) is 2.37. The highest BCUT2D eigenvalue weighted by atomic mass is 32.1. The molecule has 0 N–H and O–H groups in total. The van der Waals surface area contributed by atoms with Crippen molar-refractivity contribution in [2.45, 2.75) is 70.2 Å². The van der Waals surface area contributed by atoms with Crippen molar-refractivity contribution in [1.29, 1.82) is 0 Å². The summed E-state index contributed by atoms with van der Waals surface area (Å²) in [5.41, 5.74) is 1.87. The van der Waals surface area contributed by atoms with Gasteiger partial charge in [-0.2, -0.15) is 0 Å². The molecule has 1 fully saturated rings. The molecule has 0 saturated heterocycles. The van der Waals surface area contributed by atoms with E-state index in [0.717, 1.165) is 12.8 Å². The predicted octanol–water partition coefficient (Wildman–Crippen LogP) is 4.20. The summed E-state index contributed by atoms with van der Waals surface area (Å²) < 4.78 is 6.55. The van der Waals surface area contributed by atoms with Crippen LogP contribution in [0.25, 0.3) is 0 Å². The van der Waals surface area contributed by atoms with Gasteiger partial charge in [0, 0.05) is 5.92 Å². The van der Waals surface area contributed by atoms with Crippen LogP contribution in [0.5, 0.6) is 0 Å². The molecule has 0 aromatic carbocycles. The molecule has 0 atom stereocenters. The number of rotatable bonds is 3. The van der Waals surface area contributed by atoms with Gasteiger partial charge in [0.1, 0.15) is 10.5 Å². The SMILES string of the molecule is CC1(O[Si](C)(C)C(C)(C)C)CC(c2nncs2)C1. The van der Waals surface area contributed by atoms with E-state index in [1.54, 1.807) is 11.3 Å². The molecule has 1 aromatic rings. The topological polar surface area (TPSA) is 35.0 Å². The van der Waals surface area contributed by atoms with E-state index in [-0.39, 0.29) is 10.6 Å². The van der Waals surface area contributed by atoms with Crippen molar-refractivity contribution in [3.05, 3.63) is 10.5 Å². The van der Waals surface area contributed by atoms with Crippen LogP contribution in [0.1, 0.15) is 51.5 Å². The summed E-state index contributed by atoms with van der Waals surface area (Å²) in [5.74, 6) is 0.562. The number of aromatic nitrogens is 2. The molecular weight excluding hydrogens is 260 g/mol. The summed E-state index contributed by atoms with van der Waals surface area (Å²) >= 11 is 1.66. The fraction of sp³-hybridized carbons (Fsp3) is 0.846. The maximum Gasteiger partial charge on any atom is 0.192 e. The normalized spacial score (nSPS) is 29.1. The van der Waals surface area contributed by atoms with Crippen molar-refractivity contribution in [3.8, 4) is 0 Å². The fourth-order valence-corrected chi connectivity index (χ4v) is 4.73. The molecule has 0 aliphatic heterocycles. The van der Waals surface area contributed by atoms with Crippen molar-refractivity contribution >= 4 is 19.7 Å². The lowest BCUT2D eigenvalue weighted by atomic mass is 9.72. The molecule has 0 bridgehead atoms. The maximum absolute atomic E-state index is 6.55. The molecule has 102 valence electrons. The third kappa shape index (κ3) is 2.68. The molecule has 0 spiro atoms. The highest BCUT2D eigenvalue weighted by molar-refractivity contribution is 7.09. The van der Waals surface area contributed by atoms with E-state index in [1.165, 1.54) is 5.01 Å². The van der Waals surface area contributed by atoms with Crippen molar-refractivity contribution in [1.82, 2.24) is 10.2 Å². The Morgan fingerprint density at radius 3 is 2.44 bits per heavy atom. The Morgan fingerprint density at radius 1 is 1.39 bits per heavy atom. The van der Waals surface area contributed by atoms with Crippen LogP contribution in [-0.2, 0) is 4.43 Å². The Bertz CT molecular complexity index is 405. The Morgan fingerprint density at radius 2 is 2.00 bits per heavy atom. The third-order valence-electron chi connectivity index (χ3n) is 4.39. The standard InChI is InChI=1S/C13H24N2OSSi/c1-12(2,3)18(5,6)16-13(4)7-10(8-13)11-15-14-9-17-11/h9-10H,7-8H2,1-6H3. The average Bonchev–Trinajstić information content (AvgIpc) is 2.63. The third-order valence-corrected chi connectivity index (χ3v) is 9.86. The lowest BCUT2D eigenvalue weighted by molar-refractivity contribution is -0.0189. The molecule has 0 radical (unpaired) electrons. The van der Waals surface area contributed by atoms with E-state index < -0.39 is 8.32 Å². The second kappa shape index (κ2) is 4.39. The van der Waals surface area contributed by atoms with Gasteiger partial charge in [-0.3, -0.25) is 0 Å². The monoisotopic (exact) mass is 284 g/mol. The Hall–Kier alpha value is -0.263. The number of nitrogens with zero attached hydrogens (tertiary/aromatic N) is 2. The summed E-state index contributed by atoms with van der Waals surface area (Å²) in [6, 6.07) is 0. The van der Waals surface area contributed by atoms with E-state index >= 15 is 0 Å². The lowest BCUT2D eigenvalue weighted by Crippen LogP contribution is -2.53. The first-order chi connectivity index (χ1) is 8.13. The minimum atomic E-state index is -1.66. The van der Waals surface area contributed by atoms with Gasteiger partial charge >= 0.3 is 0 Å². The molecule has 1 aliphatic rings. The second-order valence-electron chi connectivity index (χ2n) is 7.19. The van der Waals surface area contributed by atoms with Gasteiger partial charge < -0.3 is 4.43 Å². The summed E-state index contributed by atoms with van der Waals surface area (Å²) in [6.45, 7) is 13.8. The molecule has 5 heteroatoms. The van der Waals surface area contributed by atoms with E-state index in [0.29, 0.717) is 5.92 Å². The Labute approximate surface area is 115 Å². The van der Waals surface area contributed by atoms with Gasteiger partial charge in [0.05, 0.1) is 5.60 Å². The average molecular weight is 285 g/mol. The van der Waals surface area contributed by atoms with E-state index in [1.807, 2.05) is 5.51 Å². The smallest absolute Gasteiger partial charge is 0.192 e. The van der Waals surface area contributed by atoms with Crippen LogP contribution < -0.4 is 0 Å². The molecule has 0 unspecified atom stereocenters. The van der Waals surface area contributed by atoms with Crippen LogP contribution >= 0.6 is 11.3 Å². The lowest BCUT2D eigenvalue weighted by Gasteiger charge is -2.51. The van der Waals surface area contributed by atoms with Crippen LogP contribution in [0.15, 0.2) is 5.51 Å². The molecule has 1 saturated carbocycles. The maximum atomic E-state index is 6.55. The zero-order valence-electron chi connectivity index (χ0n) is 12.3. The molecule has 0 amide bonds. The molecule has 2 rings (SSSR count). The van der Waals surface area contributed by atoms with Gasteiger partial charge in [-0.15, -0.1) is 21.5 Å². The zero-order valence-corrected chi connectivity index (χ0v) is 14.1. The molecular formula is C13H24N2OSSi. The van der Waals surface area contributed by atoms with Crippen molar-refractivity contribution in [2.24, 2.45) is 0 Å². The summed E-state index contributed by atoms with van der Waals surface area (Å²) in [6.07, 6.45) is 2.18. The van der Waals surface area contributed by atoms with Gasteiger partial charge in [-0.1, -0.05) is 20.8 Å². The van der Waals surface area contributed by atoms with Crippen molar-refractivity contribution < 1.29 is 4.43 Å². The highest BCUT2D eigenvalue weighted by Crippen LogP contribution is 2.51. The minimum absolute atomic E-state index is 0.0549. The van der Waals surface area contributed by atoms with E-state index in [4.69, 9.17) is 4.43 Å². The molecule has 1 heterocycles. The summed E-state index contributed by atoms with van der Waals surface area (Å²) in [7, 11) is -1.66. The minimum Gasteiger partial charge on any atom is -0.412 e. The van der Waals surface area contributed by atoms with Crippen LogP contribution in [0.3, 0.4) is 0 Å². The largest absolute Gasteiger partial charge is 0.412 e. The van der Waals surface area contributed by atoms with Crippen molar-refractivity contribution in [3.63, 3.8) is 0 Å². The molecule has 1 aromatic heterocycles. The molecule has 3 nitrogen and oxygen atoms in total. The Kier molecular flexibility index (Phi) is 3.45. The van der Waals surface area contributed by atoms with Gasteiger partial charge in [0.25, 0.3) is 0 Å². The second-order valence-corrected chi connectivity index (χ2v) is 12.8. The number of hydrogen-bond donors (Lipinski definition) is 0. The first kappa shape index (κ1) is 14.2. The van der Waals surface area contributed by atoms with E-state index in [9.17, 15) is 0 Å². The highest BCUT2D eigenvalue weighted by Gasteiger charge is 2.49. The molecule has 18 heavy (non-hydrogen) atoms.